The van der Waals surface area contributed by atoms with E-state index >= 15 is 0 Å². The van der Waals surface area contributed by atoms with E-state index in [0.29, 0.717) is 6.42 Å². The number of hydrogen-bond acceptors (Lipinski definition) is 5. The molecule has 4 amide bonds. The summed E-state index contributed by atoms with van der Waals surface area (Å²) in [6, 6.07) is 15.6. The van der Waals surface area contributed by atoms with Crippen molar-refractivity contribution in [1.29, 1.82) is 0 Å². The Bertz CT molecular complexity index is 982. The van der Waals surface area contributed by atoms with Gasteiger partial charge in [-0.15, -0.1) is 0 Å². The van der Waals surface area contributed by atoms with E-state index in [1.807, 2.05) is 74.5 Å². The molecule has 188 valence electrons. The highest BCUT2D eigenvalue weighted by Crippen LogP contribution is 2.09. The Morgan fingerprint density at radius 1 is 0.714 bits per heavy atom. The Hall–Kier alpha value is -3.72. The van der Waals surface area contributed by atoms with Gasteiger partial charge in [0, 0.05) is 12.8 Å². The summed E-state index contributed by atoms with van der Waals surface area (Å²) in [5.41, 5.74) is 12.6. The zero-order valence-electron chi connectivity index (χ0n) is 20.2. The van der Waals surface area contributed by atoms with Crippen LogP contribution in [0.3, 0.4) is 0 Å². The highest BCUT2D eigenvalue weighted by Gasteiger charge is 2.29. The number of primary amides is 1. The van der Waals surface area contributed by atoms with Gasteiger partial charge in [-0.2, -0.15) is 0 Å². The Balaban J connectivity index is 2.25. The molecule has 0 saturated carbocycles. The van der Waals surface area contributed by atoms with Gasteiger partial charge in [0.05, 0.1) is 6.54 Å². The summed E-state index contributed by atoms with van der Waals surface area (Å²) in [5.74, 6) is -2.08. The first kappa shape index (κ1) is 27.5. The van der Waals surface area contributed by atoms with Crippen LogP contribution >= 0.6 is 0 Å². The second-order valence-electron chi connectivity index (χ2n) is 8.86. The van der Waals surface area contributed by atoms with Crippen LogP contribution in [0, 0.1) is 5.92 Å². The molecule has 0 aliphatic rings. The second kappa shape index (κ2) is 13.9. The van der Waals surface area contributed by atoms with Crippen LogP contribution in [0.4, 0.5) is 0 Å². The number of carbonyl (C=O) groups excluding carboxylic acids is 4. The number of nitrogens with one attached hydrogen (secondary N) is 3. The van der Waals surface area contributed by atoms with Gasteiger partial charge in [-0.1, -0.05) is 74.5 Å². The van der Waals surface area contributed by atoms with Gasteiger partial charge < -0.3 is 27.4 Å². The van der Waals surface area contributed by atoms with Crippen molar-refractivity contribution in [2.24, 2.45) is 17.4 Å². The maximum atomic E-state index is 13.3. The van der Waals surface area contributed by atoms with Crippen LogP contribution < -0.4 is 27.4 Å². The molecule has 3 atom stereocenters. The Labute approximate surface area is 206 Å². The summed E-state index contributed by atoms with van der Waals surface area (Å²) < 4.78 is 0. The standard InChI is InChI=1S/C26H35N5O4/c1-17(2)13-20(24(28)33)30-26(35)22(15-19-11-7-4-8-12-19)31-25(34)21(29-23(32)16-27)14-18-9-5-3-6-10-18/h3-12,17,20-22H,13-16,27H2,1-2H3,(H2,28,33)(H,29,32)(H,30,35)(H,31,34)/t20-,21-,22-/m0/s1. The van der Waals surface area contributed by atoms with E-state index in [1.165, 1.54) is 0 Å². The Kier molecular flexibility index (Phi) is 10.9. The van der Waals surface area contributed by atoms with Crippen LogP contribution in [0.1, 0.15) is 31.4 Å². The maximum Gasteiger partial charge on any atom is 0.243 e. The molecule has 2 aromatic rings. The van der Waals surface area contributed by atoms with Gasteiger partial charge in [0.2, 0.25) is 23.6 Å². The van der Waals surface area contributed by atoms with E-state index in [9.17, 15) is 19.2 Å². The van der Waals surface area contributed by atoms with Crippen molar-refractivity contribution in [3.63, 3.8) is 0 Å². The van der Waals surface area contributed by atoms with Gasteiger partial charge in [0.25, 0.3) is 0 Å². The molecule has 0 aliphatic heterocycles. The molecular formula is C26H35N5O4. The fourth-order valence-corrected chi connectivity index (χ4v) is 3.63. The summed E-state index contributed by atoms with van der Waals surface area (Å²) in [6.45, 7) is 3.56. The van der Waals surface area contributed by atoms with Gasteiger partial charge in [0.1, 0.15) is 18.1 Å². The number of benzene rings is 2. The minimum Gasteiger partial charge on any atom is -0.368 e. The number of nitrogens with two attached hydrogens (primary N) is 2. The topological polar surface area (TPSA) is 156 Å². The molecule has 0 radical (unpaired) electrons. The van der Waals surface area contributed by atoms with Crippen LogP contribution in [-0.2, 0) is 32.0 Å². The van der Waals surface area contributed by atoms with Crippen LogP contribution in [-0.4, -0.2) is 48.3 Å². The van der Waals surface area contributed by atoms with Crippen molar-refractivity contribution in [1.82, 2.24) is 16.0 Å². The van der Waals surface area contributed by atoms with Crippen LogP contribution in [0.15, 0.2) is 60.7 Å². The van der Waals surface area contributed by atoms with Crippen molar-refractivity contribution >= 4 is 23.6 Å². The first-order valence-electron chi connectivity index (χ1n) is 11.7. The molecule has 0 aliphatic carbocycles. The Morgan fingerprint density at radius 3 is 1.54 bits per heavy atom. The third kappa shape index (κ3) is 9.58. The quantitative estimate of drug-likeness (QED) is 0.280. The molecule has 0 fully saturated rings. The van der Waals surface area contributed by atoms with E-state index in [1.54, 1.807) is 0 Å². The SMILES string of the molecule is CC(C)C[C@H](NC(=O)[C@H](Cc1ccccc1)NC(=O)[C@H](Cc1ccccc1)NC(=O)CN)C(N)=O. The zero-order chi connectivity index (χ0) is 25.8. The number of carbonyl (C=O) groups is 4. The lowest BCUT2D eigenvalue weighted by Gasteiger charge is -2.25. The maximum absolute atomic E-state index is 13.3. The summed E-state index contributed by atoms with van der Waals surface area (Å²) in [5, 5.41) is 8.06. The lowest BCUT2D eigenvalue weighted by Crippen LogP contribution is -2.57. The third-order valence-electron chi connectivity index (χ3n) is 5.40. The fourth-order valence-electron chi connectivity index (χ4n) is 3.63. The number of amides is 4. The predicted molar refractivity (Wildman–Crippen MR) is 134 cm³/mol. The van der Waals surface area contributed by atoms with E-state index in [2.05, 4.69) is 16.0 Å². The van der Waals surface area contributed by atoms with Gasteiger partial charge in [-0.05, 0) is 23.5 Å². The summed E-state index contributed by atoms with van der Waals surface area (Å²) in [7, 11) is 0. The van der Waals surface area contributed by atoms with E-state index in [-0.39, 0.29) is 25.3 Å². The summed E-state index contributed by atoms with van der Waals surface area (Å²) >= 11 is 0. The zero-order valence-corrected chi connectivity index (χ0v) is 20.2. The molecular weight excluding hydrogens is 446 g/mol. The minimum atomic E-state index is -0.994. The second-order valence-corrected chi connectivity index (χ2v) is 8.86. The lowest BCUT2D eigenvalue weighted by atomic mass is 10.0. The summed E-state index contributed by atoms with van der Waals surface area (Å²) in [6.07, 6.45) is 0.778. The van der Waals surface area contributed by atoms with Crippen molar-refractivity contribution in [3.05, 3.63) is 71.8 Å². The molecule has 0 unspecified atom stereocenters. The minimum absolute atomic E-state index is 0.122. The van der Waals surface area contributed by atoms with Gasteiger partial charge in [0.15, 0.2) is 0 Å². The van der Waals surface area contributed by atoms with Crippen LogP contribution in [0.2, 0.25) is 0 Å². The largest absolute Gasteiger partial charge is 0.368 e. The van der Waals surface area contributed by atoms with Crippen LogP contribution in [0.25, 0.3) is 0 Å². The molecule has 9 nitrogen and oxygen atoms in total. The molecule has 0 bridgehead atoms. The van der Waals surface area contributed by atoms with Gasteiger partial charge >= 0.3 is 0 Å². The van der Waals surface area contributed by atoms with Crippen molar-refractivity contribution in [2.75, 3.05) is 6.54 Å². The molecule has 2 aromatic carbocycles. The van der Waals surface area contributed by atoms with Crippen molar-refractivity contribution in [3.8, 4) is 0 Å². The van der Waals surface area contributed by atoms with Crippen molar-refractivity contribution in [2.45, 2.75) is 51.2 Å². The number of rotatable bonds is 13. The van der Waals surface area contributed by atoms with E-state index in [4.69, 9.17) is 11.5 Å². The normalized spacial score (nSPS) is 13.4. The highest BCUT2D eigenvalue weighted by atomic mass is 16.2. The summed E-state index contributed by atoms with van der Waals surface area (Å²) in [4.78, 5) is 50.4. The highest BCUT2D eigenvalue weighted by molar-refractivity contribution is 5.94. The molecule has 0 spiro atoms. The predicted octanol–water partition coefficient (Wildman–Crippen LogP) is 0.416. The van der Waals surface area contributed by atoms with Crippen molar-refractivity contribution < 1.29 is 19.2 Å². The molecule has 2 rings (SSSR count). The molecule has 0 aromatic heterocycles. The average molecular weight is 482 g/mol. The molecule has 35 heavy (non-hydrogen) atoms. The first-order valence-corrected chi connectivity index (χ1v) is 11.7. The average Bonchev–Trinajstić information content (AvgIpc) is 2.83. The van der Waals surface area contributed by atoms with E-state index in [0.717, 1.165) is 11.1 Å². The van der Waals surface area contributed by atoms with Gasteiger partial charge in [-0.25, -0.2) is 0 Å². The van der Waals surface area contributed by atoms with E-state index < -0.39 is 41.8 Å². The monoisotopic (exact) mass is 481 g/mol. The Morgan fingerprint density at radius 2 is 1.14 bits per heavy atom. The fraction of sp³-hybridized carbons (Fsp3) is 0.385. The molecule has 0 heterocycles. The number of hydrogen-bond donors (Lipinski definition) is 5. The molecule has 0 saturated heterocycles. The van der Waals surface area contributed by atoms with Gasteiger partial charge in [-0.3, -0.25) is 19.2 Å². The van der Waals surface area contributed by atoms with Crippen LogP contribution in [0.5, 0.6) is 0 Å². The molecule has 7 N–H and O–H groups in total. The first-order chi connectivity index (χ1) is 16.7. The smallest absolute Gasteiger partial charge is 0.243 e. The lowest BCUT2D eigenvalue weighted by molar-refractivity contribution is -0.133. The molecule has 9 heteroatoms. The third-order valence-corrected chi connectivity index (χ3v) is 5.40.